The van der Waals surface area contributed by atoms with Gasteiger partial charge in [0.15, 0.2) is 5.58 Å². The van der Waals surface area contributed by atoms with Crippen LogP contribution in [-0.4, -0.2) is 16.1 Å². The summed E-state index contributed by atoms with van der Waals surface area (Å²) in [6.45, 7) is 0. The second-order valence-electron chi connectivity index (χ2n) is 2.70. The molecule has 0 spiro atoms. The van der Waals surface area contributed by atoms with E-state index in [9.17, 15) is 4.79 Å². The number of alkyl halides is 1. The number of carbonyl (C=O) groups is 1. The summed E-state index contributed by atoms with van der Waals surface area (Å²) in [5, 5.41) is 9.34. The molecule has 2 aromatic rings. The van der Waals surface area contributed by atoms with Crippen LogP contribution in [0.5, 0.6) is 0 Å². The molecule has 0 aliphatic rings. The van der Waals surface area contributed by atoms with E-state index < -0.39 is 5.97 Å². The van der Waals surface area contributed by atoms with Gasteiger partial charge < -0.3 is 9.52 Å². The number of para-hydroxylation sites is 1. The van der Waals surface area contributed by atoms with E-state index in [2.05, 4.69) is 20.9 Å². The summed E-state index contributed by atoms with van der Waals surface area (Å²) in [6.07, 6.45) is 0. The first kappa shape index (κ1) is 9.21. The minimum Gasteiger partial charge on any atom is -0.478 e. The zero-order chi connectivity index (χ0) is 10.1. The van der Waals surface area contributed by atoms with Crippen LogP contribution >= 0.6 is 15.9 Å². The van der Waals surface area contributed by atoms with E-state index in [1.165, 1.54) is 6.07 Å². The quantitative estimate of drug-likeness (QED) is 0.838. The fourth-order valence-electron chi connectivity index (χ4n) is 1.22. The van der Waals surface area contributed by atoms with Crippen LogP contribution in [0.2, 0.25) is 0 Å². The standard InChI is InChI=1S/C9H6BrNO3/c10-4-7-11-6-3-1-2-5(9(12)13)8(6)14-7/h1-3H,4H2,(H,12,13). The van der Waals surface area contributed by atoms with Gasteiger partial charge in [0.05, 0.1) is 5.33 Å². The molecule has 0 unspecified atom stereocenters. The molecule has 2 rings (SSSR count). The maximum atomic E-state index is 10.8. The number of hydrogen-bond donors (Lipinski definition) is 1. The average Bonchev–Trinajstić information content (AvgIpc) is 2.59. The molecule has 0 bridgehead atoms. The van der Waals surface area contributed by atoms with Crippen molar-refractivity contribution in [2.75, 3.05) is 0 Å². The van der Waals surface area contributed by atoms with Crippen molar-refractivity contribution in [3.05, 3.63) is 29.7 Å². The molecule has 1 aromatic heterocycles. The first-order valence-electron chi connectivity index (χ1n) is 3.90. The fourth-order valence-corrected chi connectivity index (χ4v) is 1.46. The molecule has 1 N–H and O–H groups in total. The zero-order valence-corrected chi connectivity index (χ0v) is 8.61. The number of halogens is 1. The fraction of sp³-hybridized carbons (Fsp3) is 0.111. The highest BCUT2D eigenvalue weighted by Gasteiger charge is 2.13. The molecular weight excluding hydrogens is 250 g/mol. The Hall–Kier alpha value is -1.36. The Labute approximate surface area is 87.7 Å². The highest BCUT2D eigenvalue weighted by atomic mass is 79.9. The molecule has 0 atom stereocenters. The Morgan fingerprint density at radius 2 is 2.36 bits per heavy atom. The first-order valence-corrected chi connectivity index (χ1v) is 5.02. The first-order chi connectivity index (χ1) is 6.72. The van der Waals surface area contributed by atoms with Crippen LogP contribution in [0.3, 0.4) is 0 Å². The molecule has 0 aliphatic heterocycles. The van der Waals surface area contributed by atoms with Crippen LogP contribution in [0, 0.1) is 0 Å². The normalized spacial score (nSPS) is 10.6. The topological polar surface area (TPSA) is 63.3 Å². The van der Waals surface area contributed by atoms with Crippen molar-refractivity contribution < 1.29 is 14.3 Å². The second kappa shape index (κ2) is 3.42. The molecule has 0 aliphatic carbocycles. The summed E-state index contributed by atoms with van der Waals surface area (Å²) in [5.74, 6) is -0.526. The highest BCUT2D eigenvalue weighted by molar-refractivity contribution is 9.08. The Morgan fingerprint density at radius 1 is 1.57 bits per heavy atom. The number of benzene rings is 1. The third-order valence-corrected chi connectivity index (χ3v) is 2.28. The minimum atomic E-state index is -1.01. The molecule has 0 amide bonds. The second-order valence-corrected chi connectivity index (χ2v) is 3.26. The van der Waals surface area contributed by atoms with Crippen molar-refractivity contribution in [2.24, 2.45) is 0 Å². The van der Waals surface area contributed by atoms with Gasteiger partial charge in [0, 0.05) is 0 Å². The van der Waals surface area contributed by atoms with Gasteiger partial charge in [-0.05, 0) is 12.1 Å². The molecule has 0 saturated heterocycles. The van der Waals surface area contributed by atoms with Crippen molar-refractivity contribution in [1.29, 1.82) is 0 Å². The Bertz CT molecular complexity index is 492. The number of rotatable bonds is 2. The molecule has 0 fully saturated rings. The predicted octanol–water partition coefficient (Wildman–Crippen LogP) is 2.42. The average molecular weight is 256 g/mol. The van der Waals surface area contributed by atoms with E-state index >= 15 is 0 Å². The number of aromatic carboxylic acids is 1. The van der Waals surface area contributed by atoms with Gasteiger partial charge in [-0.15, -0.1) is 0 Å². The molecule has 1 aromatic carbocycles. The van der Waals surface area contributed by atoms with E-state index in [1.807, 2.05) is 0 Å². The summed E-state index contributed by atoms with van der Waals surface area (Å²) in [7, 11) is 0. The predicted molar refractivity (Wildman–Crippen MR) is 53.6 cm³/mol. The lowest BCUT2D eigenvalue weighted by Crippen LogP contribution is -1.95. The number of oxazole rings is 1. The lowest BCUT2D eigenvalue weighted by Gasteiger charge is -1.92. The van der Waals surface area contributed by atoms with E-state index in [1.54, 1.807) is 12.1 Å². The highest BCUT2D eigenvalue weighted by Crippen LogP contribution is 2.21. The van der Waals surface area contributed by atoms with Gasteiger partial charge in [-0.25, -0.2) is 9.78 Å². The third-order valence-electron chi connectivity index (χ3n) is 1.80. The van der Waals surface area contributed by atoms with Crippen LogP contribution in [0.1, 0.15) is 16.2 Å². The Kier molecular flexibility index (Phi) is 2.25. The maximum Gasteiger partial charge on any atom is 0.339 e. The number of aromatic nitrogens is 1. The van der Waals surface area contributed by atoms with Crippen LogP contribution < -0.4 is 0 Å². The van der Waals surface area contributed by atoms with Crippen LogP contribution in [0.15, 0.2) is 22.6 Å². The molecule has 14 heavy (non-hydrogen) atoms. The third kappa shape index (κ3) is 1.39. The van der Waals surface area contributed by atoms with E-state index in [0.717, 1.165) is 0 Å². The van der Waals surface area contributed by atoms with Gasteiger partial charge in [-0.3, -0.25) is 0 Å². The number of nitrogens with zero attached hydrogens (tertiary/aromatic N) is 1. The minimum absolute atomic E-state index is 0.141. The number of hydrogen-bond acceptors (Lipinski definition) is 3. The molecule has 1 heterocycles. The van der Waals surface area contributed by atoms with Gasteiger partial charge in [0.25, 0.3) is 0 Å². The van der Waals surface area contributed by atoms with E-state index in [-0.39, 0.29) is 5.56 Å². The van der Waals surface area contributed by atoms with E-state index in [0.29, 0.717) is 22.3 Å². The Morgan fingerprint density at radius 3 is 3.00 bits per heavy atom. The van der Waals surface area contributed by atoms with Crippen molar-refractivity contribution in [3.63, 3.8) is 0 Å². The van der Waals surface area contributed by atoms with Gasteiger partial charge in [0.2, 0.25) is 5.89 Å². The summed E-state index contributed by atoms with van der Waals surface area (Å²) in [6, 6.07) is 4.86. The maximum absolute atomic E-state index is 10.8. The van der Waals surface area contributed by atoms with Gasteiger partial charge in [-0.1, -0.05) is 22.0 Å². The van der Waals surface area contributed by atoms with Crippen LogP contribution in [0.4, 0.5) is 0 Å². The van der Waals surface area contributed by atoms with Gasteiger partial charge in [0.1, 0.15) is 11.1 Å². The molecule has 0 saturated carbocycles. The Balaban J connectivity index is 2.73. The molecule has 72 valence electrons. The summed E-state index contributed by atoms with van der Waals surface area (Å²) < 4.78 is 5.27. The van der Waals surface area contributed by atoms with Crippen molar-refractivity contribution in [3.8, 4) is 0 Å². The number of fused-ring (bicyclic) bond motifs is 1. The van der Waals surface area contributed by atoms with Crippen molar-refractivity contribution >= 4 is 33.0 Å². The summed E-state index contributed by atoms with van der Waals surface area (Å²) >= 11 is 3.19. The van der Waals surface area contributed by atoms with Crippen LogP contribution in [-0.2, 0) is 5.33 Å². The molecular formula is C9H6BrNO3. The van der Waals surface area contributed by atoms with Crippen molar-refractivity contribution in [1.82, 2.24) is 4.98 Å². The molecule has 0 radical (unpaired) electrons. The van der Waals surface area contributed by atoms with Crippen LogP contribution in [0.25, 0.3) is 11.1 Å². The summed E-state index contributed by atoms with van der Waals surface area (Å²) in [5.41, 5.74) is 1.04. The lowest BCUT2D eigenvalue weighted by atomic mass is 10.2. The zero-order valence-electron chi connectivity index (χ0n) is 7.03. The SMILES string of the molecule is O=C(O)c1cccc2nc(CBr)oc12. The molecule has 5 heteroatoms. The molecule has 4 nitrogen and oxygen atoms in total. The smallest absolute Gasteiger partial charge is 0.339 e. The largest absolute Gasteiger partial charge is 0.478 e. The summed E-state index contributed by atoms with van der Waals surface area (Å²) in [4.78, 5) is 14.9. The number of carboxylic acids is 1. The van der Waals surface area contributed by atoms with Gasteiger partial charge >= 0.3 is 5.97 Å². The van der Waals surface area contributed by atoms with Gasteiger partial charge in [-0.2, -0.15) is 0 Å². The van der Waals surface area contributed by atoms with E-state index in [4.69, 9.17) is 9.52 Å². The number of carboxylic acid groups (broad SMARTS) is 1. The van der Waals surface area contributed by atoms with Crippen molar-refractivity contribution in [2.45, 2.75) is 5.33 Å². The monoisotopic (exact) mass is 255 g/mol. The lowest BCUT2D eigenvalue weighted by molar-refractivity contribution is 0.0698.